The summed E-state index contributed by atoms with van der Waals surface area (Å²) >= 11 is 7.71. The van der Waals surface area contributed by atoms with Crippen LogP contribution in [0.2, 0.25) is 0 Å². The first kappa shape index (κ1) is 12.7. The Hall–Kier alpha value is -1.33. The second-order valence-corrected chi connectivity index (χ2v) is 5.46. The number of thiazole rings is 1. The molecule has 6 heteroatoms. The summed E-state index contributed by atoms with van der Waals surface area (Å²) in [5, 5.41) is 6.66. The Morgan fingerprint density at radius 1 is 1.32 bits per heavy atom. The summed E-state index contributed by atoms with van der Waals surface area (Å²) < 4.78 is 3.98. The molecule has 0 aliphatic carbocycles. The van der Waals surface area contributed by atoms with E-state index in [1.165, 1.54) is 5.69 Å². The summed E-state index contributed by atoms with van der Waals surface area (Å²) in [6.45, 7) is 4.24. The first-order valence-corrected chi connectivity index (χ1v) is 7.78. The van der Waals surface area contributed by atoms with Gasteiger partial charge in [0.2, 0.25) is 0 Å². The maximum atomic E-state index is 6.10. The Balaban J connectivity index is 2.22. The van der Waals surface area contributed by atoms with Crippen molar-refractivity contribution in [3.63, 3.8) is 0 Å². The first-order valence-electron chi connectivity index (χ1n) is 6.37. The van der Waals surface area contributed by atoms with Crippen LogP contribution in [0.15, 0.2) is 17.6 Å². The van der Waals surface area contributed by atoms with Gasteiger partial charge in [0.25, 0.3) is 0 Å². The third kappa shape index (κ3) is 1.97. The lowest BCUT2D eigenvalue weighted by Crippen LogP contribution is -2.05. The van der Waals surface area contributed by atoms with Crippen molar-refractivity contribution in [3.05, 3.63) is 34.7 Å². The molecule has 0 unspecified atom stereocenters. The van der Waals surface area contributed by atoms with Crippen LogP contribution in [0.1, 0.15) is 30.9 Å². The van der Waals surface area contributed by atoms with Gasteiger partial charge in [0.1, 0.15) is 0 Å². The van der Waals surface area contributed by atoms with Crippen LogP contribution >= 0.6 is 22.9 Å². The van der Waals surface area contributed by atoms with Gasteiger partial charge in [-0.3, -0.25) is 4.40 Å². The van der Waals surface area contributed by atoms with E-state index in [2.05, 4.69) is 30.0 Å². The Morgan fingerprint density at radius 3 is 2.84 bits per heavy atom. The fourth-order valence-electron chi connectivity index (χ4n) is 2.20. The molecule has 3 rings (SSSR count). The molecule has 4 nitrogen and oxygen atoms in total. The van der Waals surface area contributed by atoms with Crippen LogP contribution in [0.5, 0.6) is 0 Å². The Bertz CT molecular complexity index is 709. The smallest absolute Gasteiger partial charge is 0.195 e. The third-order valence-electron chi connectivity index (χ3n) is 3.23. The lowest BCUT2D eigenvalue weighted by molar-refractivity contribution is 0.770. The number of imidazole rings is 1. The molecule has 0 atom stereocenters. The second-order valence-electron chi connectivity index (χ2n) is 4.32. The van der Waals surface area contributed by atoms with Gasteiger partial charge in [-0.25, -0.2) is 4.68 Å². The molecule has 0 N–H and O–H groups in total. The molecule has 0 saturated heterocycles. The second kappa shape index (κ2) is 4.98. The van der Waals surface area contributed by atoms with Gasteiger partial charge in [-0.1, -0.05) is 13.8 Å². The van der Waals surface area contributed by atoms with Crippen LogP contribution in [-0.2, 0) is 18.7 Å². The molecule has 0 amide bonds. The average Bonchev–Trinajstić information content (AvgIpc) is 3.10. The van der Waals surface area contributed by atoms with Gasteiger partial charge >= 0.3 is 0 Å². The maximum Gasteiger partial charge on any atom is 0.195 e. The number of rotatable bonds is 4. The minimum Gasteiger partial charge on any atom is -0.291 e. The number of hydrogen-bond acceptors (Lipinski definition) is 3. The minimum atomic E-state index is 0.428. The molecule has 0 bridgehead atoms. The molecule has 19 heavy (non-hydrogen) atoms. The van der Waals surface area contributed by atoms with Crippen molar-refractivity contribution >= 4 is 27.9 Å². The molecule has 100 valence electrons. The zero-order valence-corrected chi connectivity index (χ0v) is 12.5. The van der Waals surface area contributed by atoms with Crippen molar-refractivity contribution in [1.29, 1.82) is 0 Å². The monoisotopic (exact) mass is 294 g/mol. The summed E-state index contributed by atoms with van der Waals surface area (Å²) in [6, 6.07) is 2.14. The van der Waals surface area contributed by atoms with Crippen molar-refractivity contribution in [2.75, 3.05) is 0 Å². The Kier molecular flexibility index (Phi) is 3.33. The van der Waals surface area contributed by atoms with E-state index in [4.69, 9.17) is 11.6 Å². The number of halogens is 1. The van der Waals surface area contributed by atoms with Crippen molar-refractivity contribution in [2.24, 2.45) is 0 Å². The number of aromatic nitrogens is 4. The summed E-state index contributed by atoms with van der Waals surface area (Å²) in [4.78, 5) is 5.63. The lowest BCUT2D eigenvalue weighted by atomic mass is 10.2. The van der Waals surface area contributed by atoms with Gasteiger partial charge in [-0.15, -0.1) is 22.9 Å². The number of aryl methyl sites for hydroxylation is 2. The topological polar surface area (TPSA) is 35.1 Å². The molecule has 0 radical (unpaired) electrons. The van der Waals surface area contributed by atoms with E-state index in [1.807, 2.05) is 20.7 Å². The van der Waals surface area contributed by atoms with Crippen LogP contribution in [0, 0.1) is 0 Å². The predicted octanol–water partition coefficient (Wildman–Crippen LogP) is 3.45. The van der Waals surface area contributed by atoms with Crippen LogP contribution < -0.4 is 0 Å². The standard InChI is InChI=1S/C13H15ClN4S/c1-3-9-7-10(4-2)18(16-9)12-11(8-14)17-5-6-19-13(17)15-12/h5-7H,3-4,8H2,1-2H3. The normalized spacial score (nSPS) is 11.5. The first-order chi connectivity index (χ1) is 9.28. The molecule has 0 aromatic carbocycles. The molecule has 3 heterocycles. The minimum absolute atomic E-state index is 0.428. The Labute approximate surface area is 120 Å². The van der Waals surface area contributed by atoms with E-state index in [1.54, 1.807) is 11.3 Å². The largest absolute Gasteiger partial charge is 0.291 e. The zero-order chi connectivity index (χ0) is 13.4. The van der Waals surface area contributed by atoms with E-state index in [0.717, 1.165) is 35.0 Å². The van der Waals surface area contributed by atoms with Crippen LogP contribution in [0.3, 0.4) is 0 Å². The third-order valence-corrected chi connectivity index (χ3v) is 4.24. The quantitative estimate of drug-likeness (QED) is 0.691. The Morgan fingerprint density at radius 2 is 2.16 bits per heavy atom. The van der Waals surface area contributed by atoms with Crippen LogP contribution in [-0.4, -0.2) is 19.2 Å². The number of alkyl halides is 1. The molecule has 3 aromatic rings. The highest BCUT2D eigenvalue weighted by atomic mass is 35.5. The summed E-state index contributed by atoms with van der Waals surface area (Å²) in [7, 11) is 0. The molecule has 0 aliphatic heterocycles. The van der Waals surface area contributed by atoms with Crippen LogP contribution in [0.4, 0.5) is 0 Å². The van der Waals surface area contributed by atoms with Gasteiger partial charge in [0.05, 0.1) is 17.3 Å². The molecular formula is C13H15ClN4S. The summed E-state index contributed by atoms with van der Waals surface area (Å²) in [5.74, 6) is 1.29. The van der Waals surface area contributed by atoms with E-state index >= 15 is 0 Å². The average molecular weight is 295 g/mol. The van der Waals surface area contributed by atoms with Gasteiger partial charge in [-0.2, -0.15) is 10.1 Å². The van der Waals surface area contributed by atoms with Crippen molar-refractivity contribution < 1.29 is 0 Å². The van der Waals surface area contributed by atoms with Gasteiger partial charge in [0, 0.05) is 17.3 Å². The fourth-order valence-corrected chi connectivity index (χ4v) is 3.17. The molecule has 0 fully saturated rings. The fraction of sp³-hybridized carbons (Fsp3) is 0.385. The molecular weight excluding hydrogens is 280 g/mol. The molecule has 3 aromatic heterocycles. The van der Waals surface area contributed by atoms with Crippen LogP contribution in [0.25, 0.3) is 10.8 Å². The number of nitrogens with zero attached hydrogens (tertiary/aromatic N) is 4. The lowest BCUT2D eigenvalue weighted by Gasteiger charge is -2.04. The van der Waals surface area contributed by atoms with E-state index < -0.39 is 0 Å². The predicted molar refractivity (Wildman–Crippen MR) is 78.5 cm³/mol. The van der Waals surface area contributed by atoms with Gasteiger partial charge in [-0.05, 0) is 18.9 Å². The maximum absolute atomic E-state index is 6.10. The van der Waals surface area contributed by atoms with Gasteiger partial charge in [0.15, 0.2) is 10.8 Å². The molecule has 0 aliphatic rings. The van der Waals surface area contributed by atoms with Crippen molar-refractivity contribution in [2.45, 2.75) is 32.6 Å². The highest BCUT2D eigenvalue weighted by Gasteiger charge is 2.17. The zero-order valence-electron chi connectivity index (χ0n) is 10.9. The summed E-state index contributed by atoms with van der Waals surface area (Å²) in [5.41, 5.74) is 3.26. The van der Waals surface area contributed by atoms with Crippen molar-refractivity contribution in [1.82, 2.24) is 19.2 Å². The highest BCUT2D eigenvalue weighted by Crippen LogP contribution is 2.23. The van der Waals surface area contributed by atoms with E-state index in [-0.39, 0.29) is 0 Å². The number of hydrogen-bond donors (Lipinski definition) is 0. The highest BCUT2D eigenvalue weighted by molar-refractivity contribution is 7.15. The number of fused-ring (bicyclic) bond motifs is 1. The summed E-state index contributed by atoms with van der Waals surface area (Å²) in [6.07, 6.45) is 3.86. The SMILES string of the molecule is CCc1cc(CC)n(-c2nc3sccn3c2CCl)n1. The van der Waals surface area contributed by atoms with E-state index in [0.29, 0.717) is 5.88 Å². The van der Waals surface area contributed by atoms with Crippen molar-refractivity contribution in [3.8, 4) is 5.82 Å². The molecule has 0 saturated carbocycles. The van der Waals surface area contributed by atoms with Gasteiger partial charge < -0.3 is 0 Å². The van der Waals surface area contributed by atoms with E-state index in [9.17, 15) is 0 Å². The molecule has 0 spiro atoms.